The van der Waals surface area contributed by atoms with Crippen molar-refractivity contribution in [3.63, 3.8) is 0 Å². The SMILES string of the molecule is CC1C[C@H]2[C@@H]3CCC4=CCC=C[C@]4(C)C3=CC[C@]2(C)[C@H]1CCN1CCN(c2cc(N3CCOCC3)nc(N3CCOCC3)n2)CC1. The summed E-state index contributed by atoms with van der Waals surface area (Å²) in [4.78, 5) is 20.1. The van der Waals surface area contributed by atoms with Crippen LogP contribution in [0, 0.1) is 34.5 Å². The lowest BCUT2D eigenvalue weighted by Crippen LogP contribution is -2.48. The predicted molar refractivity (Wildman–Crippen MR) is 186 cm³/mol. The van der Waals surface area contributed by atoms with Gasteiger partial charge in [0.05, 0.1) is 26.4 Å². The van der Waals surface area contributed by atoms with Gasteiger partial charge in [-0.2, -0.15) is 9.97 Å². The van der Waals surface area contributed by atoms with E-state index in [1.807, 2.05) is 0 Å². The summed E-state index contributed by atoms with van der Waals surface area (Å²) in [6, 6.07) is 2.23. The third-order valence-corrected chi connectivity index (χ3v) is 13.4. The van der Waals surface area contributed by atoms with E-state index in [2.05, 4.69) is 70.7 Å². The highest BCUT2D eigenvalue weighted by molar-refractivity contribution is 5.56. The van der Waals surface area contributed by atoms with E-state index in [0.717, 1.165) is 126 Å². The van der Waals surface area contributed by atoms with E-state index in [1.54, 1.807) is 11.1 Å². The molecule has 6 atom stereocenters. The second kappa shape index (κ2) is 12.6. The average Bonchev–Trinajstić information content (AvgIpc) is 3.36. The van der Waals surface area contributed by atoms with Crippen molar-refractivity contribution in [3.8, 4) is 0 Å². The first-order valence-corrected chi connectivity index (χ1v) is 18.5. The average molecular weight is 629 g/mol. The van der Waals surface area contributed by atoms with Crippen LogP contribution in [0.4, 0.5) is 17.6 Å². The van der Waals surface area contributed by atoms with E-state index in [-0.39, 0.29) is 5.41 Å². The van der Waals surface area contributed by atoms with E-state index >= 15 is 0 Å². The molecule has 0 spiro atoms. The fraction of sp³-hybridized carbons (Fsp3) is 0.737. The molecule has 0 radical (unpaired) electrons. The highest BCUT2D eigenvalue weighted by atomic mass is 16.5. The molecule has 0 aromatic carbocycles. The van der Waals surface area contributed by atoms with E-state index in [1.165, 1.54) is 38.6 Å². The van der Waals surface area contributed by atoms with Crippen molar-refractivity contribution in [3.05, 3.63) is 41.5 Å². The van der Waals surface area contributed by atoms with Gasteiger partial charge in [-0.3, -0.25) is 4.90 Å². The maximum Gasteiger partial charge on any atom is 0.229 e. The lowest BCUT2D eigenvalue weighted by atomic mass is 9.52. The van der Waals surface area contributed by atoms with Crippen LogP contribution < -0.4 is 14.7 Å². The fourth-order valence-electron chi connectivity index (χ4n) is 10.7. The molecule has 7 aliphatic rings. The van der Waals surface area contributed by atoms with Crippen LogP contribution in [0.25, 0.3) is 0 Å². The monoisotopic (exact) mass is 628 g/mol. The zero-order valence-corrected chi connectivity index (χ0v) is 28.6. The summed E-state index contributed by atoms with van der Waals surface area (Å²) < 4.78 is 11.3. The van der Waals surface area contributed by atoms with Crippen LogP contribution in [-0.4, -0.2) is 100 Å². The lowest BCUT2D eigenvalue weighted by molar-refractivity contribution is 0.0753. The second-order valence-electron chi connectivity index (χ2n) is 15.7. The van der Waals surface area contributed by atoms with Gasteiger partial charge in [-0.05, 0) is 81.1 Å². The summed E-state index contributed by atoms with van der Waals surface area (Å²) in [5.74, 6) is 6.22. The molecule has 1 aromatic heterocycles. The molecule has 3 aliphatic heterocycles. The summed E-state index contributed by atoms with van der Waals surface area (Å²) in [5, 5.41) is 0. The van der Waals surface area contributed by atoms with Crippen molar-refractivity contribution in [2.24, 2.45) is 34.5 Å². The van der Waals surface area contributed by atoms with Crippen LogP contribution in [-0.2, 0) is 9.47 Å². The molecule has 2 saturated carbocycles. The Morgan fingerprint density at radius 3 is 2.24 bits per heavy atom. The van der Waals surface area contributed by atoms with E-state index in [9.17, 15) is 0 Å². The molecule has 4 heterocycles. The molecule has 1 unspecified atom stereocenters. The molecular formula is C38H56N6O2. The van der Waals surface area contributed by atoms with Crippen LogP contribution in [0.1, 0.15) is 59.3 Å². The number of morpholine rings is 2. The van der Waals surface area contributed by atoms with Crippen LogP contribution in [0.2, 0.25) is 0 Å². The van der Waals surface area contributed by atoms with Gasteiger partial charge in [0.2, 0.25) is 5.95 Å². The Kier molecular flexibility index (Phi) is 8.43. The molecule has 1 aromatic rings. The van der Waals surface area contributed by atoms with Gasteiger partial charge < -0.3 is 24.2 Å². The Morgan fingerprint density at radius 2 is 1.52 bits per heavy atom. The van der Waals surface area contributed by atoms with Gasteiger partial charge in [0.25, 0.3) is 0 Å². The van der Waals surface area contributed by atoms with Crippen molar-refractivity contribution < 1.29 is 9.47 Å². The maximum absolute atomic E-state index is 5.64. The third-order valence-electron chi connectivity index (χ3n) is 13.4. The molecule has 3 saturated heterocycles. The topological polar surface area (TPSA) is 57.2 Å². The summed E-state index contributed by atoms with van der Waals surface area (Å²) >= 11 is 0. The number of nitrogens with zero attached hydrogens (tertiary/aromatic N) is 6. The molecule has 8 heteroatoms. The van der Waals surface area contributed by atoms with Gasteiger partial charge in [-0.1, -0.05) is 49.3 Å². The van der Waals surface area contributed by atoms with Gasteiger partial charge in [-0.15, -0.1) is 0 Å². The minimum atomic E-state index is 0.194. The second-order valence-corrected chi connectivity index (χ2v) is 15.7. The van der Waals surface area contributed by atoms with Crippen molar-refractivity contribution in [1.82, 2.24) is 14.9 Å². The maximum atomic E-state index is 5.64. The number of hydrogen-bond donors (Lipinski definition) is 0. The van der Waals surface area contributed by atoms with Crippen molar-refractivity contribution in [2.45, 2.75) is 59.3 Å². The Bertz CT molecular complexity index is 1320. The Hall–Kier alpha value is -2.42. The molecule has 0 N–H and O–H groups in total. The third kappa shape index (κ3) is 5.50. The number of anilines is 3. The number of fused-ring (bicyclic) bond motifs is 5. The number of aromatic nitrogens is 2. The fourth-order valence-corrected chi connectivity index (χ4v) is 10.7. The normalized spacial score (nSPS) is 36.5. The summed E-state index contributed by atoms with van der Waals surface area (Å²) in [6.07, 6.45) is 18.0. The molecular weight excluding hydrogens is 572 g/mol. The Labute approximate surface area is 276 Å². The molecule has 46 heavy (non-hydrogen) atoms. The smallest absolute Gasteiger partial charge is 0.229 e. The number of allylic oxidation sites excluding steroid dienone is 6. The minimum absolute atomic E-state index is 0.194. The molecule has 0 bridgehead atoms. The molecule has 4 aliphatic carbocycles. The van der Waals surface area contributed by atoms with Gasteiger partial charge in [-0.25, -0.2) is 0 Å². The Morgan fingerprint density at radius 1 is 0.848 bits per heavy atom. The van der Waals surface area contributed by atoms with Gasteiger partial charge >= 0.3 is 0 Å². The number of ether oxygens (including phenoxy) is 2. The lowest BCUT2D eigenvalue weighted by Gasteiger charge is -2.52. The van der Waals surface area contributed by atoms with Crippen molar-refractivity contribution >= 4 is 17.6 Å². The van der Waals surface area contributed by atoms with Crippen LogP contribution >= 0.6 is 0 Å². The van der Waals surface area contributed by atoms with Gasteiger partial charge in [0.15, 0.2) is 0 Å². The predicted octanol–water partition coefficient (Wildman–Crippen LogP) is 5.57. The summed E-state index contributed by atoms with van der Waals surface area (Å²) in [6.45, 7) is 19.7. The summed E-state index contributed by atoms with van der Waals surface area (Å²) in [7, 11) is 0. The van der Waals surface area contributed by atoms with E-state index in [0.29, 0.717) is 5.41 Å². The minimum Gasteiger partial charge on any atom is -0.378 e. The highest BCUT2D eigenvalue weighted by Gasteiger charge is 2.57. The van der Waals surface area contributed by atoms with Gasteiger partial charge in [0, 0.05) is 63.8 Å². The van der Waals surface area contributed by atoms with Crippen molar-refractivity contribution in [1.29, 1.82) is 0 Å². The van der Waals surface area contributed by atoms with Crippen LogP contribution in [0.5, 0.6) is 0 Å². The van der Waals surface area contributed by atoms with Crippen molar-refractivity contribution in [2.75, 3.05) is 100 Å². The first kappa shape index (κ1) is 30.9. The molecule has 8 rings (SSSR count). The van der Waals surface area contributed by atoms with E-state index in [4.69, 9.17) is 19.4 Å². The summed E-state index contributed by atoms with van der Waals surface area (Å²) in [5.41, 5.74) is 4.10. The van der Waals surface area contributed by atoms with Crippen LogP contribution in [0.15, 0.2) is 41.5 Å². The molecule has 250 valence electrons. The molecule has 5 fully saturated rings. The van der Waals surface area contributed by atoms with Crippen LogP contribution in [0.3, 0.4) is 0 Å². The standard InChI is InChI=1S/C38H56N6O2/c1-28-26-33-30-8-7-29-6-4-5-11-37(29,2)32(30)9-12-38(33,3)31(28)10-13-41-14-16-42(17-15-41)34-27-35(43-18-22-45-23-19-43)40-36(39-34)44-20-24-46-25-21-44/h5-6,9,11,27-28,30-31,33H,4,7-8,10,12-26H2,1-3H3/t28?,30-,31+,33+,37+,38-/m1/s1. The number of piperazine rings is 1. The van der Waals surface area contributed by atoms with E-state index < -0.39 is 0 Å². The highest BCUT2D eigenvalue weighted by Crippen LogP contribution is 2.65. The number of rotatable bonds is 6. The zero-order chi connectivity index (χ0) is 31.3. The zero-order valence-electron chi connectivity index (χ0n) is 28.6. The first-order valence-electron chi connectivity index (χ1n) is 18.5. The number of hydrogen-bond acceptors (Lipinski definition) is 8. The Balaban J connectivity index is 0.922. The quantitative estimate of drug-likeness (QED) is 0.379. The molecule has 0 amide bonds. The largest absolute Gasteiger partial charge is 0.378 e. The van der Waals surface area contributed by atoms with Gasteiger partial charge in [0.1, 0.15) is 11.6 Å². The first-order chi connectivity index (χ1) is 22.4. The molecule has 8 nitrogen and oxygen atoms in total.